The molecule has 0 aliphatic carbocycles. The number of carbonyl (C=O) groups excluding carboxylic acids is 1. The monoisotopic (exact) mass is 353 g/mol. The highest BCUT2D eigenvalue weighted by Gasteiger charge is 2.29. The van der Waals surface area contributed by atoms with Crippen LogP contribution in [0.5, 0.6) is 0 Å². The molecule has 6 heteroatoms. The number of rotatable bonds is 4. The van der Waals surface area contributed by atoms with Gasteiger partial charge in [-0.05, 0) is 35.2 Å². The van der Waals surface area contributed by atoms with Crippen LogP contribution in [0.3, 0.4) is 0 Å². The van der Waals surface area contributed by atoms with Crippen molar-refractivity contribution in [2.24, 2.45) is 5.41 Å². The van der Waals surface area contributed by atoms with Crippen molar-refractivity contribution in [2.75, 3.05) is 0 Å². The molecular formula is C20H20FN3O2. The van der Waals surface area contributed by atoms with E-state index in [-0.39, 0.29) is 28.9 Å². The first-order valence-corrected chi connectivity index (χ1v) is 8.28. The molecule has 2 aromatic heterocycles. The van der Waals surface area contributed by atoms with Gasteiger partial charge in [-0.15, -0.1) is 0 Å². The Morgan fingerprint density at radius 3 is 2.38 bits per heavy atom. The Bertz CT molecular complexity index is 883. The maximum atomic E-state index is 13.2. The zero-order chi connectivity index (χ0) is 18.7. The molecule has 0 spiro atoms. The van der Waals surface area contributed by atoms with E-state index in [0.717, 1.165) is 11.1 Å². The largest absolute Gasteiger partial charge is 0.355 e. The minimum atomic E-state index is -0.349. The minimum Gasteiger partial charge on any atom is -0.355 e. The second-order valence-electron chi connectivity index (χ2n) is 7.14. The van der Waals surface area contributed by atoms with Gasteiger partial charge in [-0.3, -0.25) is 9.78 Å². The highest BCUT2D eigenvalue weighted by atomic mass is 19.1. The Morgan fingerprint density at radius 1 is 1.12 bits per heavy atom. The molecule has 0 saturated heterocycles. The van der Waals surface area contributed by atoms with Gasteiger partial charge in [0.15, 0.2) is 11.5 Å². The molecule has 1 aromatic carbocycles. The van der Waals surface area contributed by atoms with Crippen molar-refractivity contribution >= 4 is 5.91 Å². The van der Waals surface area contributed by atoms with Gasteiger partial charge in [-0.2, -0.15) is 0 Å². The molecule has 26 heavy (non-hydrogen) atoms. The number of aromatic nitrogens is 2. The number of nitrogens with zero attached hydrogens (tertiary/aromatic N) is 2. The van der Waals surface area contributed by atoms with Crippen LogP contribution in [-0.2, 0) is 0 Å². The molecule has 3 aromatic rings. The molecule has 0 aliphatic rings. The average Bonchev–Trinajstić information content (AvgIpc) is 3.10. The summed E-state index contributed by atoms with van der Waals surface area (Å²) < 4.78 is 18.5. The van der Waals surface area contributed by atoms with Gasteiger partial charge in [0.2, 0.25) is 0 Å². The lowest BCUT2D eigenvalue weighted by molar-refractivity contribution is 0.0892. The van der Waals surface area contributed by atoms with E-state index in [9.17, 15) is 9.18 Å². The van der Waals surface area contributed by atoms with E-state index in [4.69, 9.17) is 4.52 Å². The summed E-state index contributed by atoms with van der Waals surface area (Å²) in [7, 11) is 0. The predicted octanol–water partition coefficient (Wildman–Crippen LogP) is 4.39. The first-order chi connectivity index (χ1) is 12.3. The van der Waals surface area contributed by atoms with Crippen molar-refractivity contribution in [3.05, 3.63) is 71.9 Å². The van der Waals surface area contributed by atoms with Crippen LogP contribution < -0.4 is 5.32 Å². The number of halogens is 1. The van der Waals surface area contributed by atoms with Crippen molar-refractivity contribution in [3.63, 3.8) is 0 Å². The SMILES string of the molecule is CC(C)(C)C(NC(=O)c1cc(-c2ccncc2)on1)c1ccc(F)cc1. The highest BCUT2D eigenvalue weighted by Crippen LogP contribution is 2.33. The third-order valence-electron chi connectivity index (χ3n) is 4.05. The standard InChI is InChI=1S/C20H20FN3O2/c1-20(2,3)18(14-4-6-15(21)7-5-14)23-19(25)16-12-17(26-24-16)13-8-10-22-11-9-13/h4-12,18H,1-3H3,(H,23,25). The molecule has 0 fully saturated rings. The van der Waals surface area contributed by atoms with E-state index >= 15 is 0 Å². The summed E-state index contributed by atoms with van der Waals surface area (Å²) in [4.78, 5) is 16.6. The van der Waals surface area contributed by atoms with Crippen molar-refractivity contribution in [1.82, 2.24) is 15.5 Å². The van der Waals surface area contributed by atoms with E-state index < -0.39 is 0 Å². The Hall–Kier alpha value is -3.02. The third-order valence-corrected chi connectivity index (χ3v) is 4.05. The van der Waals surface area contributed by atoms with Gasteiger partial charge < -0.3 is 9.84 Å². The number of benzene rings is 1. The normalized spacial score (nSPS) is 12.6. The quantitative estimate of drug-likeness (QED) is 0.755. The first kappa shape index (κ1) is 17.8. The van der Waals surface area contributed by atoms with Crippen molar-refractivity contribution in [1.29, 1.82) is 0 Å². The van der Waals surface area contributed by atoms with Crippen LogP contribution in [0.1, 0.15) is 42.9 Å². The van der Waals surface area contributed by atoms with Crippen LogP contribution in [0.25, 0.3) is 11.3 Å². The maximum Gasteiger partial charge on any atom is 0.273 e. The third kappa shape index (κ3) is 3.96. The highest BCUT2D eigenvalue weighted by molar-refractivity contribution is 5.93. The molecule has 1 unspecified atom stereocenters. The summed E-state index contributed by atoms with van der Waals surface area (Å²) in [6.45, 7) is 6.02. The van der Waals surface area contributed by atoms with E-state index in [1.54, 1.807) is 42.7 Å². The van der Waals surface area contributed by atoms with Gasteiger partial charge in [0, 0.05) is 24.0 Å². The lowest BCUT2D eigenvalue weighted by Crippen LogP contribution is -2.36. The smallest absolute Gasteiger partial charge is 0.273 e. The summed E-state index contributed by atoms with van der Waals surface area (Å²) >= 11 is 0. The number of pyridine rings is 1. The minimum absolute atomic E-state index is 0.188. The van der Waals surface area contributed by atoms with Crippen LogP contribution in [0.2, 0.25) is 0 Å². The van der Waals surface area contributed by atoms with Gasteiger partial charge in [0.1, 0.15) is 5.82 Å². The van der Waals surface area contributed by atoms with Crippen LogP contribution in [0.4, 0.5) is 4.39 Å². The maximum absolute atomic E-state index is 13.2. The van der Waals surface area contributed by atoms with Gasteiger partial charge in [-0.1, -0.05) is 38.1 Å². The van der Waals surface area contributed by atoms with E-state index in [1.165, 1.54) is 12.1 Å². The van der Waals surface area contributed by atoms with Crippen molar-refractivity contribution in [2.45, 2.75) is 26.8 Å². The molecule has 1 N–H and O–H groups in total. The fourth-order valence-corrected chi connectivity index (χ4v) is 2.69. The van der Waals surface area contributed by atoms with Crippen LogP contribution in [0, 0.1) is 11.2 Å². The summed E-state index contributed by atoms with van der Waals surface area (Å²) in [6.07, 6.45) is 3.28. The van der Waals surface area contributed by atoms with Gasteiger partial charge in [0.25, 0.3) is 5.91 Å². The molecule has 0 radical (unpaired) electrons. The summed E-state index contributed by atoms with van der Waals surface area (Å²) in [5, 5.41) is 6.85. The van der Waals surface area contributed by atoms with Gasteiger partial charge >= 0.3 is 0 Å². The molecule has 0 saturated carbocycles. The van der Waals surface area contributed by atoms with Gasteiger partial charge in [-0.25, -0.2) is 4.39 Å². The predicted molar refractivity (Wildman–Crippen MR) is 95.8 cm³/mol. The molecule has 3 rings (SSSR count). The van der Waals surface area contributed by atoms with E-state index in [1.807, 2.05) is 20.8 Å². The van der Waals surface area contributed by atoms with Crippen LogP contribution in [0.15, 0.2) is 59.4 Å². The lowest BCUT2D eigenvalue weighted by Gasteiger charge is -2.31. The lowest BCUT2D eigenvalue weighted by atomic mass is 9.82. The molecule has 5 nitrogen and oxygen atoms in total. The average molecular weight is 353 g/mol. The second-order valence-corrected chi connectivity index (χ2v) is 7.14. The number of hydrogen-bond acceptors (Lipinski definition) is 4. The Labute approximate surface area is 151 Å². The van der Waals surface area contributed by atoms with Crippen molar-refractivity contribution < 1.29 is 13.7 Å². The summed E-state index contributed by atoms with van der Waals surface area (Å²) in [5.41, 5.74) is 1.53. The molecular weight excluding hydrogens is 333 g/mol. The van der Waals surface area contributed by atoms with Crippen LogP contribution >= 0.6 is 0 Å². The second kappa shape index (κ2) is 7.07. The number of amides is 1. The van der Waals surface area contributed by atoms with Crippen LogP contribution in [-0.4, -0.2) is 16.0 Å². The van der Waals surface area contributed by atoms with E-state index in [2.05, 4.69) is 15.5 Å². The summed E-state index contributed by atoms with van der Waals surface area (Å²) in [6, 6.07) is 11.0. The van der Waals surface area contributed by atoms with Crippen molar-refractivity contribution in [3.8, 4) is 11.3 Å². The molecule has 0 bridgehead atoms. The van der Waals surface area contributed by atoms with Gasteiger partial charge in [0.05, 0.1) is 6.04 Å². The fraction of sp³-hybridized carbons (Fsp3) is 0.250. The summed E-state index contributed by atoms with van der Waals surface area (Å²) in [5.74, 6) is -0.170. The molecule has 2 heterocycles. The molecule has 0 aliphatic heterocycles. The van der Waals surface area contributed by atoms with E-state index in [0.29, 0.717) is 5.76 Å². The molecule has 1 atom stereocenters. The Morgan fingerprint density at radius 2 is 1.77 bits per heavy atom. The number of nitrogens with one attached hydrogen (secondary N) is 1. The Kier molecular flexibility index (Phi) is 4.84. The Balaban J connectivity index is 1.82. The zero-order valence-electron chi connectivity index (χ0n) is 14.9. The topological polar surface area (TPSA) is 68.0 Å². The number of carbonyl (C=O) groups is 1. The molecule has 134 valence electrons. The molecule has 1 amide bonds. The number of hydrogen-bond donors (Lipinski definition) is 1. The zero-order valence-corrected chi connectivity index (χ0v) is 14.9. The first-order valence-electron chi connectivity index (χ1n) is 8.28. The fourth-order valence-electron chi connectivity index (χ4n) is 2.69.